The van der Waals surface area contributed by atoms with Crippen LogP contribution in [-0.2, 0) is 0 Å². The number of nitrogens with zero attached hydrogens (tertiary/aromatic N) is 4. The summed E-state index contributed by atoms with van der Waals surface area (Å²) in [6.07, 6.45) is 1.72. The van der Waals surface area contributed by atoms with E-state index in [9.17, 15) is 9.50 Å². The van der Waals surface area contributed by atoms with Gasteiger partial charge in [0.05, 0.1) is 0 Å². The van der Waals surface area contributed by atoms with Gasteiger partial charge in [0.15, 0.2) is 5.82 Å². The van der Waals surface area contributed by atoms with Gasteiger partial charge in [0.1, 0.15) is 29.9 Å². The first-order valence-corrected chi connectivity index (χ1v) is 13.6. The second kappa shape index (κ2) is 9.57. The lowest BCUT2D eigenvalue weighted by molar-refractivity contribution is 0.188. The Morgan fingerprint density at radius 2 is 1.79 bits per heavy atom. The number of hydrogen-bond donors (Lipinski definition) is 2. The molecule has 7 nitrogen and oxygen atoms in total. The molecule has 0 saturated carbocycles. The fourth-order valence-corrected chi connectivity index (χ4v) is 6.50. The first kappa shape index (κ1) is 24.5. The molecule has 0 spiro atoms. The minimum atomic E-state index is -0.884. The average molecular weight is 532 g/mol. The van der Waals surface area contributed by atoms with Gasteiger partial charge in [-0.1, -0.05) is 30.3 Å². The molecule has 3 aromatic carbocycles. The Morgan fingerprint density at radius 3 is 2.56 bits per heavy atom. The van der Waals surface area contributed by atoms with Gasteiger partial charge in [-0.15, -0.1) is 0 Å². The molecular weight excluding hydrogens is 500 g/mol. The van der Waals surface area contributed by atoms with E-state index in [4.69, 9.17) is 9.72 Å². The van der Waals surface area contributed by atoms with Gasteiger partial charge in [0, 0.05) is 48.7 Å². The minimum absolute atomic E-state index is 0.0683. The van der Waals surface area contributed by atoms with Crippen LogP contribution in [0.5, 0.6) is 11.8 Å². The Bertz CT molecular complexity index is 1550. The van der Waals surface area contributed by atoms with Crippen LogP contribution in [0, 0.1) is 5.82 Å². The Morgan fingerprint density at radius 1 is 1.00 bits per heavy atom. The maximum Gasteiger partial charge on any atom is 0.319 e. The number of likely N-dealkylation sites (tertiary alicyclic amines) is 1. The van der Waals surface area contributed by atoms with Gasteiger partial charge in [0.2, 0.25) is 0 Å². The van der Waals surface area contributed by atoms with E-state index < -0.39 is 12.0 Å². The van der Waals surface area contributed by atoms with Gasteiger partial charge < -0.3 is 20.1 Å². The maximum atomic E-state index is 16.4. The number of piperazine rings is 1. The molecule has 4 heterocycles. The smallest absolute Gasteiger partial charge is 0.319 e. The van der Waals surface area contributed by atoms with Crippen molar-refractivity contribution in [2.75, 3.05) is 38.2 Å². The second-order valence-electron chi connectivity index (χ2n) is 11.1. The van der Waals surface area contributed by atoms with Crippen LogP contribution in [-0.4, -0.2) is 77.6 Å². The van der Waals surface area contributed by atoms with Gasteiger partial charge >= 0.3 is 6.01 Å². The number of hydrogen-bond acceptors (Lipinski definition) is 7. The summed E-state index contributed by atoms with van der Waals surface area (Å²) >= 11 is 0. The quantitative estimate of drug-likeness (QED) is 0.388. The predicted octanol–water partition coefficient (Wildman–Crippen LogP) is 4.66. The molecule has 0 amide bonds. The van der Waals surface area contributed by atoms with Crippen molar-refractivity contribution in [2.24, 2.45) is 0 Å². The summed E-state index contributed by atoms with van der Waals surface area (Å²) in [6, 6.07) is 15.2. The summed E-state index contributed by atoms with van der Waals surface area (Å²) in [6.45, 7) is 2.15. The van der Waals surface area contributed by atoms with Crippen molar-refractivity contribution in [3.63, 3.8) is 0 Å². The number of ether oxygens (including phenoxy) is 1. The van der Waals surface area contributed by atoms with E-state index >= 15 is 4.39 Å². The molecule has 4 aromatic rings. The number of likely N-dealkylation sites (N-methyl/N-ethyl adjacent to an activating group) is 1. The molecular formula is C30H31F2N5O2. The van der Waals surface area contributed by atoms with Gasteiger partial charge in [-0.05, 0) is 60.8 Å². The lowest BCUT2D eigenvalue weighted by Gasteiger charge is -2.34. The molecule has 0 aliphatic carbocycles. The first-order valence-electron chi connectivity index (χ1n) is 13.6. The number of nitrogens with one attached hydrogen (secondary N) is 1. The zero-order valence-electron chi connectivity index (χ0n) is 21.8. The molecule has 0 radical (unpaired) electrons. The molecule has 2 bridgehead atoms. The number of rotatable bonds is 5. The van der Waals surface area contributed by atoms with E-state index in [0.717, 1.165) is 36.7 Å². The molecule has 39 heavy (non-hydrogen) atoms. The Hall–Kier alpha value is -3.56. The predicted molar refractivity (Wildman–Crippen MR) is 148 cm³/mol. The van der Waals surface area contributed by atoms with Crippen molar-refractivity contribution in [1.82, 2.24) is 20.2 Å². The highest BCUT2D eigenvalue weighted by Gasteiger charge is 2.34. The normalized spacial score (nSPS) is 25.2. The third-order valence-corrected chi connectivity index (χ3v) is 8.46. The molecule has 9 heteroatoms. The molecule has 3 fully saturated rings. The zero-order chi connectivity index (χ0) is 26.7. The van der Waals surface area contributed by atoms with Gasteiger partial charge in [-0.25, -0.2) is 8.78 Å². The molecule has 2 N–H and O–H groups in total. The van der Waals surface area contributed by atoms with Crippen molar-refractivity contribution in [3.05, 3.63) is 54.3 Å². The van der Waals surface area contributed by atoms with Crippen LogP contribution < -0.4 is 15.0 Å². The molecule has 202 valence electrons. The Kier molecular flexibility index (Phi) is 6.01. The van der Waals surface area contributed by atoms with E-state index in [0.29, 0.717) is 47.4 Å². The Labute approximate surface area is 225 Å². The molecule has 3 aliphatic heterocycles. The zero-order valence-corrected chi connectivity index (χ0v) is 21.8. The number of phenols is 1. The highest BCUT2D eigenvalue weighted by Crippen LogP contribution is 2.39. The van der Waals surface area contributed by atoms with Crippen molar-refractivity contribution < 1.29 is 18.6 Å². The van der Waals surface area contributed by atoms with Crippen LogP contribution in [0.2, 0.25) is 0 Å². The maximum absolute atomic E-state index is 16.4. The van der Waals surface area contributed by atoms with Crippen LogP contribution in [0.25, 0.3) is 32.8 Å². The average Bonchev–Trinajstić information content (AvgIpc) is 3.44. The lowest BCUT2D eigenvalue weighted by Crippen LogP contribution is -2.51. The largest absolute Gasteiger partial charge is 0.508 e. The second-order valence-corrected chi connectivity index (χ2v) is 11.1. The lowest BCUT2D eigenvalue weighted by atomic mass is 9.96. The molecule has 2 unspecified atom stereocenters. The van der Waals surface area contributed by atoms with Gasteiger partial charge in [-0.3, -0.25) is 4.90 Å². The minimum Gasteiger partial charge on any atom is -0.508 e. The van der Waals surface area contributed by atoms with Gasteiger partial charge in [-0.2, -0.15) is 9.97 Å². The summed E-state index contributed by atoms with van der Waals surface area (Å²) in [5, 5.41) is 16.3. The van der Waals surface area contributed by atoms with Crippen molar-refractivity contribution in [3.8, 4) is 22.9 Å². The monoisotopic (exact) mass is 531 g/mol. The first-order chi connectivity index (χ1) is 18.9. The number of halogens is 2. The van der Waals surface area contributed by atoms with Crippen LogP contribution in [0.15, 0.2) is 48.5 Å². The third-order valence-electron chi connectivity index (χ3n) is 8.46. The van der Waals surface area contributed by atoms with Gasteiger partial charge in [0.25, 0.3) is 0 Å². The van der Waals surface area contributed by atoms with Crippen molar-refractivity contribution >= 4 is 27.5 Å². The van der Waals surface area contributed by atoms with Crippen molar-refractivity contribution in [2.45, 2.75) is 43.6 Å². The summed E-state index contributed by atoms with van der Waals surface area (Å²) < 4.78 is 36.4. The number of fused-ring (bicyclic) bond motifs is 4. The standard InChI is InChI=1S/C30H31F2N5O2/c1-36-13-18(31)11-21(36)16-39-30-34-28-25(29(35-30)37-14-19-6-7-20(15-37)33-19)9-8-24(27(28)32)26-12-22(38)10-17-4-2-3-5-23(17)26/h2-5,8-10,12,18-21,33,38H,6-7,11,13-16H2,1H3/t18-,19?,20?,21+/m1/s1. The molecule has 4 atom stereocenters. The summed E-state index contributed by atoms with van der Waals surface area (Å²) in [5.74, 6) is 0.234. The van der Waals surface area contributed by atoms with Crippen LogP contribution >= 0.6 is 0 Å². The summed E-state index contributed by atoms with van der Waals surface area (Å²) in [5.41, 5.74) is 1.12. The Balaban J connectivity index is 1.34. The molecule has 1 aromatic heterocycles. The summed E-state index contributed by atoms with van der Waals surface area (Å²) in [4.78, 5) is 13.5. The van der Waals surface area contributed by atoms with E-state index in [1.165, 1.54) is 0 Å². The number of aromatic hydroxyl groups is 1. The number of benzene rings is 3. The molecule has 7 rings (SSSR count). The third kappa shape index (κ3) is 4.43. The number of alkyl halides is 1. The summed E-state index contributed by atoms with van der Waals surface area (Å²) in [7, 11) is 1.88. The van der Waals surface area contributed by atoms with Crippen molar-refractivity contribution in [1.29, 1.82) is 0 Å². The fourth-order valence-electron chi connectivity index (χ4n) is 6.50. The fraction of sp³-hybridized carbons (Fsp3) is 0.400. The SMILES string of the molecule is CN1C[C@H](F)C[C@H]1COc1nc(N2CC3CCC(C2)N3)c2ccc(-c3cc(O)cc4ccccc34)c(F)c2n1. The van der Waals surface area contributed by atoms with E-state index in [2.05, 4.69) is 15.2 Å². The van der Waals surface area contributed by atoms with E-state index in [-0.39, 0.29) is 29.9 Å². The molecule has 3 aliphatic rings. The van der Waals surface area contributed by atoms with E-state index in [1.807, 2.05) is 42.3 Å². The van der Waals surface area contributed by atoms with Crippen LogP contribution in [0.1, 0.15) is 19.3 Å². The number of phenolic OH excluding ortho intramolecular Hbond substituents is 1. The topological polar surface area (TPSA) is 73.8 Å². The molecule has 3 saturated heterocycles. The number of anilines is 1. The van der Waals surface area contributed by atoms with Crippen LogP contribution in [0.3, 0.4) is 0 Å². The van der Waals surface area contributed by atoms with Crippen LogP contribution in [0.4, 0.5) is 14.6 Å². The highest BCUT2D eigenvalue weighted by atomic mass is 19.1. The van der Waals surface area contributed by atoms with E-state index in [1.54, 1.807) is 18.2 Å². The highest BCUT2D eigenvalue weighted by molar-refractivity contribution is 6.01. The number of aromatic nitrogens is 2.